The molecule has 0 aliphatic carbocycles. The van der Waals surface area contributed by atoms with Gasteiger partial charge in [-0.05, 0) is 5.56 Å². The van der Waals surface area contributed by atoms with E-state index in [1.54, 1.807) is 12.5 Å². The van der Waals surface area contributed by atoms with Crippen LogP contribution in [0.3, 0.4) is 0 Å². The molecule has 0 atom stereocenters. The van der Waals surface area contributed by atoms with E-state index in [2.05, 4.69) is 9.72 Å². The molecule has 0 saturated carbocycles. The summed E-state index contributed by atoms with van der Waals surface area (Å²) in [7, 11) is 1.35. The van der Waals surface area contributed by atoms with Crippen LogP contribution in [0.15, 0.2) is 42.9 Å². The molecule has 0 fully saturated rings. The first-order valence-corrected chi connectivity index (χ1v) is 4.93. The smallest absolute Gasteiger partial charge is 0.358 e. The quantitative estimate of drug-likeness (QED) is 0.734. The number of ether oxygens (including phenoxy) is 1. The molecule has 4 heteroatoms. The molecule has 0 bridgehead atoms. The summed E-state index contributed by atoms with van der Waals surface area (Å²) in [6.07, 6.45) is 3.30. The lowest BCUT2D eigenvalue weighted by atomic mass is 10.2. The highest BCUT2D eigenvalue weighted by atomic mass is 16.5. The molecule has 4 nitrogen and oxygen atoms in total. The second-order valence-corrected chi connectivity index (χ2v) is 3.41. The Hall–Kier alpha value is -2.10. The fourth-order valence-corrected chi connectivity index (χ4v) is 1.45. The lowest BCUT2D eigenvalue weighted by Gasteiger charge is -2.00. The zero-order chi connectivity index (χ0) is 11.4. The highest BCUT2D eigenvalue weighted by Gasteiger charge is 2.08. The molecular weight excluding hydrogens is 204 g/mol. The molecule has 1 aromatic carbocycles. The van der Waals surface area contributed by atoms with Crippen molar-refractivity contribution < 1.29 is 9.53 Å². The predicted octanol–water partition coefficient (Wildman–Crippen LogP) is 1.72. The van der Waals surface area contributed by atoms with Crippen molar-refractivity contribution in [3.05, 3.63) is 54.1 Å². The topological polar surface area (TPSA) is 44.1 Å². The molecule has 0 unspecified atom stereocenters. The molecule has 0 N–H and O–H groups in total. The Morgan fingerprint density at radius 2 is 2.12 bits per heavy atom. The molecule has 0 aliphatic heterocycles. The summed E-state index contributed by atoms with van der Waals surface area (Å²) in [5.41, 5.74) is 1.50. The van der Waals surface area contributed by atoms with Crippen LogP contribution in [0.1, 0.15) is 16.1 Å². The Labute approximate surface area is 93.5 Å². The number of imidazole rings is 1. The molecule has 82 valence electrons. The van der Waals surface area contributed by atoms with Gasteiger partial charge in [0, 0.05) is 12.7 Å². The SMILES string of the molecule is COC(=O)c1cn(Cc2ccccc2)cn1. The third-order valence-electron chi connectivity index (χ3n) is 2.24. The van der Waals surface area contributed by atoms with Crippen LogP contribution in [0.2, 0.25) is 0 Å². The van der Waals surface area contributed by atoms with Crippen LogP contribution in [0.25, 0.3) is 0 Å². The fraction of sp³-hybridized carbons (Fsp3) is 0.167. The fourth-order valence-electron chi connectivity index (χ4n) is 1.45. The summed E-state index contributed by atoms with van der Waals surface area (Å²) < 4.78 is 6.43. The van der Waals surface area contributed by atoms with Gasteiger partial charge in [0.1, 0.15) is 0 Å². The number of hydrogen-bond acceptors (Lipinski definition) is 3. The van der Waals surface area contributed by atoms with Gasteiger partial charge in [0.2, 0.25) is 0 Å². The number of aromatic nitrogens is 2. The van der Waals surface area contributed by atoms with Crippen molar-refractivity contribution in [1.29, 1.82) is 0 Å². The third-order valence-corrected chi connectivity index (χ3v) is 2.24. The Balaban J connectivity index is 2.12. The van der Waals surface area contributed by atoms with Crippen LogP contribution >= 0.6 is 0 Å². The first-order valence-electron chi connectivity index (χ1n) is 4.93. The largest absolute Gasteiger partial charge is 0.464 e. The van der Waals surface area contributed by atoms with Crippen LogP contribution < -0.4 is 0 Å². The van der Waals surface area contributed by atoms with Crippen molar-refractivity contribution in [2.75, 3.05) is 7.11 Å². The van der Waals surface area contributed by atoms with Crippen molar-refractivity contribution in [1.82, 2.24) is 9.55 Å². The second kappa shape index (κ2) is 4.61. The Morgan fingerprint density at radius 3 is 2.81 bits per heavy atom. The van der Waals surface area contributed by atoms with Gasteiger partial charge in [0.05, 0.1) is 13.4 Å². The molecule has 0 radical (unpaired) electrons. The highest BCUT2D eigenvalue weighted by molar-refractivity contribution is 5.86. The molecule has 2 rings (SSSR count). The minimum Gasteiger partial charge on any atom is -0.464 e. The maximum atomic E-state index is 11.2. The zero-order valence-electron chi connectivity index (χ0n) is 8.96. The first kappa shape index (κ1) is 10.4. The van der Waals surface area contributed by atoms with E-state index in [9.17, 15) is 4.79 Å². The second-order valence-electron chi connectivity index (χ2n) is 3.41. The number of carbonyl (C=O) groups is 1. The van der Waals surface area contributed by atoms with Gasteiger partial charge < -0.3 is 9.30 Å². The van der Waals surface area contributed by atoms with Crippen molar-refractivity contribution in [2.24, 2.45) is 0 Å². The van der Waals surface area contributed by atoms with E-state index in [0.717, 1.165) is 5.56 Å². The minimum absolute atomic E-state index is 0.332. The highest BCUT2D eigenvalue weighted by Crippen LogP contribution is 2.04. The molecular formula is C12H12N2O2. The molecule has 0 spiro atoms. The lowest BCUT2D eigenvalue weighted by Crippen LogP contribution is -2.01. The normalized spacial score (nSPS) is 10.1. The van der Waals surface area contributed by atoms with Crippen LogP contribution in [0, 0.1) is 0 Å². The maximum Gasteiger partial charge on any atom is 0.358 e. The molecule has 16 heavy (non-hydrogen) atoms. The Kier molecular flexibility index (Phi) is 3.00. The number of hydrogen-bond donors (Lipinski definition) is 0. The average Bonchev–Trinajstić information content (AvgIpc) is 2.78. The van der Waals surface area contributed by atoms with E-state index in [0.29, 0.717) is 12.2 Å². The van der Waals surface area contributed by atoms with Crippen molar-refractivity contribution in [3.63, 3.8) is 0 Å². The molecule has 0 amide bonds. The monoisotopic (exact) mass is 216 g/mol. The van der Waals surface area contributed by atoms with Crippen molar-refractivity contribution >= 4 is 5.97 Å². The maximum absolute atomic E-state index is 11.2. The third kappa shape index (κ3) is 2.28. The minimum atomic E-state index is -0.410. The Morgan fingerprint density at radius 1 is 1.38 bits per heavy atom. The van der Waals surface area contributed by atoms with Gasteiger partial charge in [-0.1, -0.05) is 30.3 Å². The van der Waals surface area contributed by atoms with E-state index >= 15 is 0 Å². The summed E-state index contributed by atoms with van der Waals surface area (Å²) in [6, 6.07) is 9.98. The van der Waals surface area contributed by atoms with E-state index in [4.69, 9.17) is 0 Å². The van der Waals surface area contributed by atoms with Gasteiger partial charge in [-0.15, -0.1) is 0 Å². The first-order chi connectivity index (χ1) is 7.79. The summed E-state index contributed by atoms with van der Waals surface area (Å²) in [4.78, 5) is 15.2. The number of rotatable bonds is 3. The number of nitrogens with zero attached hydrogens (tertiary/aromatic N) is 2. The van der Waals surface area contributed by atoms with E-state index < -0.39 is 5.97 Å². The van der Waals surface area contributed by atoms with Gasteiger partial charge in [0.15, 0.2) is 5.69 Å². The van der Waals surface area contributed by atoms with Crippen molar-refractivity contribution in [3.8, 4) is 0 Å². The number of esters is 1. The van der Waals surface area contributed by atoms with Crippen molar-refractivity contribution in [2.45, 2.75) is 6.54 Å². The van der Waals surface area contributed by atoms with E-state index in [1.165, 1.54) is 7.11 Å². The molecule has 1 aromatic heterocycles. The van der Waals surface area contributed by atoms with Gasteiger partial charge in [-0.2, -0.15) is 0 Å². The number of benzene rings is 1. The predicted molar refractivity (Wildman–Crippen MR) is 59.1 cm³/mol. The molecule has 0 saturated heterocycles. The summed E-state index contributed by atoms with van der Waals surface area (Å²) in [5.74, 6) is -0.410. The average molecular weight is 216 g/mol. The van der Waals surface area contributed by atoms with Crippen LogP contribution in [0.4, 0.5) is 0 Å². The van der Waals surface area contributed by atoms with Crippen LogP contribution in [-0.2, 0) is 11.3 Å². The molecule has 1 heterocycles. The number of methoxy groups -OCH3 is 1. The van der Waals surface area contributed by atoms with Gasteiger partial charge in [0.25, 0.3) is 0 Å². The number of carbonyl (C=O) groups excluding carboxylic acids is 1. The molecule has 0 aliphatic rings. The molecule has 2 aromatic rings. The van der Waals surface area contributed by atoms with Gasteiger partial charge in [-0.3, -0.25) is 0 Å². The lowest BCUT2D eigenvalue weighted by molar-refractivity contribution is 0.0594. The van der Waals surface area contributed by atoms with Crippen LogP contribution in [-0.4, -0.2) is 22.6 Å². The summed E-state index contributed by atoms with van der Waals surface area (Å²) >= 11 is 0. The van der Waals surface area contributed by atoms with E-state index in [1.807, 2.05) is 34.9 Å². The summed E-state index contributed by atoms with van der Waals surface area (Å²) in [5, 5.41) is 0. The summed E-state index contributed by atoms with van der Waals surface area (Å²) in [6.45, 7) is 0.699. The van der Waals surface area contributed by atoms with Gasteiger partial charge in [-0.25, -0.2) is 9.78 Å². The van der Waals surface area contributed by atoms with E-state index in [-0.39, 0.29) is 0 Å². The van der Waals surface area contributed by atoms with Crippen LogP contribution in [0.5, 0.6) is 0 Å². The standard InChI is InChI=1S/C12H12N2O2/c1-16-12(15)11-8-14(9-13-11)7-10-5-3-2-4-6-10/h2-6,8-9H,7H2,1H3. The van der Waals surface area contributed by atoms with Gasteiger partial charge >= 0.3 is 5.97 Å². The zero-order valence-corrected chi connectivity index (χ0v) is 8.96. The Bertz CT molecular complexity index is 477.